The largest absolute Gasteiger partial charge is 0.461 e. The molecule has 0 saturated heterocycles. The molecule has 23 heavy (non-hydrogen) atoms. The van der Waals surface area contributed by atoms with Crippen molar-refractivity contribution in [3.05, 3.63) is 34.5 Å². The molecule has 4 nitrogen and oxygen atoms in total. The molecule has 1 N–H and O–H groups in total. The fourth-order valence-electron chi connectivity index (χ4n) is 2.65. The summed E-state index contributed by atoms with van der Waals surface area (Å²) in [6.07, 6.45) is 4.48. The number of Topliss-reactive ketones (excluding diaryl/α,β-unsaturated/α-hetero) is 1. The van der Waals surface area contributed by atoms with Crippen molar-refractivity contribution in [3.63, 3.8) is 0 Å². The van der Waals surface area contributed by atoms with Gasteiger partial charge in [0.05, 0.1) is 12.2 Å². The molecular formula is C18H22ClNO3. The Kier molecular flexibility index (Phi) is 6.22. The Balaban J connectivity index is 2.37. The van der Waals surface area contributed by atoms with E-state index in [1.54, 1.807) is 25.1 Å². The lowest BCUT2D eigenvalue weighted by atomic mass is 10.0. The number of H-pyrrole nitrogens is 1. The number of hydrogen-bond acceptors (Lipinski definition) is 3. The first-order chi connectivity index (χ1) is 11.1. The summed E-state index contributed by atoms with van der Waals surface area (Å²) in [7, 11) is 0. The maximum absolute atomic E-state index is 12.7. The Bertz CT molecular complexity index is 706. The third kappa shape index (κ3) is 4.14. The predicted octanol–water partition coefficient (Wildman–Crippen LogP) is 5.15. The van der Waals surface area contributed by atoms with E-state index in [1.165, 1.54) is 0 Å². The summed E-state index contributed by atoms with van der Waals surface area (Å²) < 4.78 is 5.07. The number of benzene rings is 1. The van der Waals surface area contributed by atoms with Crippen LogP contribution < -0.4 is 0 Å². The molecule has 1 aromatic heterocycles. The summed E-state index contributed by atoms with van der Waals surface area (Å²) in [6.45, 7) is 4.13. The van der Waals surface area contributed by atoms with E-state index in [1.807, 2.05) is 0 Å². The van der Waals surface area contributed by atoms with Crippen molar-refractivity contribution in [1.29, 1.82) is 0 Å². The van der Waals surface area contributed by atoms with Crippen molar-refractivity contribution in [3.8, 4) is 0 Å². The van der Waals surface area contributed by atoms with Gasteiger partial charge in [0.2, 0.25) is 0 Å². The van der Waals surface area contributed by atoms with Crippen LogP contribution in [0.5, 0.6) is 0 Å². The van der Waals surface area contributed by atoms with E-state index in [9.17, 15) is 9.59 Å². The first-order valence-electron chi connectivity index (χ1n) is 8.10. The average Bonchev–Trinajstić information content (AvgIpc) is 2.90. The highest BCUT2D eigenvalue weighted by Crippen LogP contribution is 2.28. The van der Waals surface area contributed by atoms with Gasteiger partial charge in [-0.1, -0.05) is 37.8 Å². The number of halogens is 1. The van der Waals surface area contributed by atoms with Crippen LogP contribution in [0.25, 0.3) is 10.9 Å². The van der Waals surface area contributed by atoms with Crippen molar-refractivity contribution < 1.29 is 14.3 Å². The Morgan fingerprint density at radius 3 is 2.65 bits per heavy atom. The second-order valence-electron chi connectivity index (χ2n) is 5.52. The number of ketones is 1. The van der Waals surface area contributed by atoms with Crippen molar-refractivity contribution in [1.82, 2.24) is 4.98 Å². The fourth-order valence-corrected chi connectivity index (χ4v) is 2.82. The second-order valence-corrected chi connectivity index (χ2v) is 5.96. The number of carbonyl (C=O) groups is 2. The molecule has 0 aliphatic rings. The van der Waals surface area contributed by atoms with Crippen molar-refractivity contribution in [2.45, 2.75) is 46.0 Å². The molecule has 0 unspecified atom stereocenters. The van der Waals surface area contributed by atoms with E-state index in [2.05, 4.69) is 11.9 Å². The van der Waals surface area contributed by atoms with Gasteiger partial charge in [0.25, 0.3) is 0 Å². The standard InChI is InChI=1S/C18H22ClNO3/c1-3-5-6-7-8-15(21)16-13-11-12(19)9-10-14(13)20-17(16)18(22)23-4-2/h9-11,20H,3-8H2,1-2H3. The van der Waals surface area contributed by atoms with Crippen LogP contribution >= 0.6 is 11.6 Å². The third-order valence-corrected chi connectivity index (χ3v) is 4.01. The van der Waals surface area contributed by atoms with Gasteiger partial charge in [0.1, 0.15) is 5.69 Å². The second kappa shape index (κ2) is 8.16. The van der Waals surface area contributed by atoms with Gasteiger partial charge < -0.3 is 9.72 Å². The minimum Gasteiger partial charge on any atom is -0.461 e. The number of unbranched alkanes of at least 4 members (excludes halogenated alkanes) is 3. The van der Waals surface area contributed by atoms with Gasteiger partial charge >= 0.3 is 5.97 Å². The van der Waals surface area contributed by atoms with Gasteiger partial charge in [0, 0.05) is 22.3 Å². The van der Waals surface area contributed by atoms with Crippen LogP contribution in [0.3, 0.4) is 0 Å². The summed E-state index contributed by atoms with van der Waals surface area (Å²) in [5.74, 6) is -0.547. The molecular weight excluding hydrogens is 314 g/mol. The Morgan fingerprint density at radius 2 is 1.96 bits per heavy atom. The Hall–Kier alpha value is -1.81. The van der Waals surface area contributed by atoms with E-state index >= 15 is 0 Å². The average molecular weight is 336 g/mol. The van der Waals surface area contributed by atoms with E-state index in [4.69, 9.17) is 16.3 Å². The molecule has 0 radical (unpaired) electrons. The zero-order valence-electron chi connectivity index (χ0n) is 13.6. The van der Waals surface area contributed by atoms with Gasteiger partial charge in [-0.25, -0.2) is 4.79 Å². The summed E-state index contributed by atoms with van der Waals surface area (Å²) in [6, 6.07) is 5.22. The Labute approximate surface area is 141 Å². The van der Waals surface area contributed by atoms with Crippen molar-refractivity contribution in [2.24, 2.45) is 0 Å². The highest BCUT2D eigenvalue weighted by molar-refractivity contribution is 6.31. The maximum atomic E-state index is 12.7. The zero-order valence-corrected chi connectivity index (χ0v) is 14.3. The third-order valence-electron chi connectivity index (χ3n) is 3.78. The number of carbonyl (C=O) groups excluding carboxylic acids is 2. The summed E-state index contributed by atoms with van der Waals surface area (Å²) in [5, 5.41) is 1.22. The number of nitrogens with one attached hydrogen (secondary N) is 1. The van der Waals surface area contributed by atoms with Crippen LogP contribution in [0.4, 0.5) is 0 Å². The summed E-state index contributed by atoms with van der Waals surface area (Å²) in [4.78, 5) is 27.8. The monoisotopic (exact) mass is 335 g/mol. The van der Waals surface area contributed by atoms with Crippen molar-refractivity contribution in [2.75, 3.05) is 6.61 Å². The number of rotatable bonds is 8. The summed E-state index contributed by atoms with van der Waals surface area (Å²) >= 11 is 6.05. The molecule has 2 aromatic rings. The fraction of sp³-hybridized carbons (Fsp3) is 0.444. The molecule has 0 fully saturated rings. The quantitative estimate of drug-likeness (QED) is 0.412. The molecule has 0 aliphatic carbocycles. The van der Waals surface area contributed by atoms with Gasteiger partial charge in [0.15, 0.2) is 5.78 Å². The summed E-state index contributed by atoms with van der Waals surface area (Å²) in [5.41, 5.74) is 1.34. The van der Waals surface area contributed by atoms with E-state index in [0.717, 1.165) is 31.2 Å². The SMILES string of the molecule is CCCCCCC(=O)c1c(C(=O)OCC)[nH]c2ccc(Cl)cc12. The normalized spacial score (nSPS) is 10.9. The smallest absolute Gasteiger partial charge is 0.355 e. The maximum Gasteiger partial charge on any atom is 0.355 e. The number of aromatic nitrogens is 1. The lowest BCUT2D eigenvalue weighted by molar-refractivity contribution is 0.0517. The minimum atomic E-state index is -0.503. The molecule has 1 heterocycles. The van der Waals surface area contributed by atoms with Crippen LogP contribution in [-0.4, -0.2) is 23.3 Å². The molecule has 0 bridgehead atoms. The zero-order chi connectivity index (χ0) is 16.8. The minimum absolute atomic E-state index is 0.0438. The molecule has 0 aliphatic heterocycles. The van der Waals surface area contributed by atoms with E-state index < -0.39 is 5.97 Å². The molecule has 124 valence electrons. The lowest BCUT2D eigenvalue weighted by Crippen LogP contribution is -2.11. The molecule has 5 heteroatoms. The van der Waals surface area contributed by atoms with Gasteiger partial charge in [-0.05, 0) is 31.5 Å². The highest BCUT2D eigenvalue weighted by Gasteiger charge is 2.23. The first kappa shape index (κ1) is 17.5. The van der Waals surface area contributed by atoms with Gasteiger partial charge in [-0.2, -0.15) is 0 Å². The number of esters is 1. The van der Waals surface area contributed by atoms with Crippen molar-refractivity contribution >= 4 is 34.3 Å². The van der Waals surface area contributed by atoms with Crippen LogP contribution in [-0.2, 0) is 4.74 Å². The lowest BCUT2D eigenvalue weighted by Gasteiger charge is -2.04. The Morgan fingerprint density at radius 1 is 1.17 bits per heavy atom. The van der Waals surface area contributed by atoms with Crippen LogP contribution in [0.1, 0.15) is 66.8 Å². The van der Waals surface area contributed by atoms with E-state index in [-0.39, 0.29) is 18.1 Å². The van der Waals surface area contributed by atoms with Crippen LogP contribution in [0.15, 0.2) is 18.2 Å². The number of hydrogen-bond donors (Lipinski definition) is 1. The molecule has 0 atom stereocenters. The topological polar surface area (TPSA) is 59.2 Å². The van der Waals surface area contributed by atoms with Crippen LogP contribution in [0, 0.1) is 0 Å². The highest BCUT2D eigenvalue weighted by atomic mass is 35.5. The van der Waals surface area contributed by atoms with E-state index in [0.29, 0.717) is 22.4 Å². The van der Waals surface area contributed by atoms with Gasteiger partial charge in [-0.15, -0.1) is 0 Å². The molecule has 0 amide bonds. The molecule has 0 saturated carbocycles. The molecule has 2 rings (SSSR count). The number of aromatic amines is 1. The molecule has 1 aromatic carbocycles. The number of ether oxygens (including phenoxy) is 1. The first-order valence-corrected chi connectivity index (χ1v) is 8.47. The molecule has 0 spiro atoms. The van der Waals surface area contributed by atoms with Gasteiger partial charge in [-0.3, -0.25) is 4.79 Å². The van der Waals surface area contributed by atoms with Crippen LogP contribution in [0.2, 0.25) is 5.02 Å². The predicted molar refractivity (Wildman–Crippen MR) is 92.4 cm³/mol. The number of fused-ring (bicyclic) bond motifs is 1.